The molecule has 1 aromatic heterocycles. The average molecular weight is 267 g/mol. The highest BCUT2D eigenvalue weighted by molar-refractivity contribution is 5.28. The van der Waals surface area contributed by atoms with Crippen LogP contribution in [-0.2, 0) is 0 Å². The number of piperidine rings is 1. The van der Waals surface area contributed by atoms with Crippen molar-refractivity contribution in [3.05, 3.63) is 66.0 Å². The lowest BCUT2D eigenvalue weighted by Gasteiger charge is -2.36. The fourth-order valence-corrected chi connectivity index (χ4v) is 2.92. The van der Waals surface area contributed by atoms with Crippen LogP contribution in [0.4, 0.5) is 0 Å². The third-order valence-corrected chi connectivity index (χ3v) is 4.02. The van der Waals surface area contributed by atoms with Crippen molar-refractivity contribution in [2.24, 2.45) is 5.73 Å². The van der Waals surface area contributed by atoms with Gasteiger partial charge in [0, 0.05) is 25.3 Å². The lowest BCUT2D eigenvalue weighted by Crippen LogP contribution is -2.42. The van der Waals surface area contributed by atoms with Gasteiger partial charge in [0.05, 0.1) is 11.7 Å². The lowest BCUT2D eigenvalue weighted by atomic mass is 9.97. The Labute approximate surface area is 120 Å². The van der Waals surface area contributed by atoms with Crippen LogP contribution in [0.15, 0.2) is 54.7 Å². The molecule has 1 unspecified atom stereocenters. The Kier molecular flexibility index (Phi) is 4.09. The normalized spacial score (nSPS) is 18.9. The SMILES string of the molecule is NC1CCN(C(c2ccccc2)c2ccccn2)CC1. The van der Waals surface area contributed by atoms with Gasteiger partial charge in [0.1, 0.15) is 0 Å². The molecule has 3 heteroatoms. The number of hydrogen-bond donors (Lipinski definition) is 1. The van der Waals surface area contributed by atoms with Crippen LogP contribution < -0.4 is 5.73 Å². The molecule has 1 fully saturated rings. The van der Waals surface area contributed by atoms with Crippen LogP contribution in [0.2, 0.25) is 0 Å². The van der Waals surface area contributed by atoms with Gasteiger partial charge in [-0.2, -0.15) is 0 Å². The smallest absolute Gasteiger partial charge is 0.0776 e. The highest BCUT2D eigenvalue weighted by Crippen LogP contribution is 2.29. The van der Waals surface area contributed by atoms with Crippen LogP contribution >= 0.6 is 0 Å². The Morgan fingerprint density at radius 2 is 1.70 bits per heavy atom. The average Bonchev–Trinajstić information content (AvgIpc) is 2.52. The van der Waals surface area contributed by atoms with Crippen molar-refractivity contribution in [1.29, 1.82) is 0 Å². The number of pyridine rings is 1. The Hall–Kier alpha value is -1.71. The molecule has 2 aromatic rings. The van der Waals surface area contributed by atoms with E-state index in [1.54, 1.807) is 0 Å². The zero-order valence-electron chi connectivity index (χ0n) is 11.7. The van der Waals surface area contributed by atoms with Crippen molar-refractivity contribution in [3.63, 3.8) is 0 Å². The third kappa shape index (κ3) is 2.89. The summed E-state index contributed by atoms with van der Waals surface area (Å²) in [5.41, 5.74) is 8.46. The van der Waals surface area contributed by atoms with Gasteiger partial charge >= 0.3 is 0 Å². The molecular formula is C17H21N3. The summed E-state index contributed by atoms with van der Waals surface area (Å²) in [5, 5.41) is 0. The Morgan fingerprint density at radius 1 is 1.00 bits per heavy atom. The highest BCUT2D eigenvalue weighted by atomic mass is 15.2. The maximum absolute atomic E-state index is 6.03. The molecule has 0 radical (unpaired) electrons. The number of nitrogens with two attached hydrogens (primary N) is 1. The van der Waals surface area contributed by atoms with Crippen molar-refractivity contribution < 1.29 is 0 Å². The van der Waals surface area contributed by atoms with Gasteiger partial charge in [0.2, 0.25) is 0 Å². The van der Waals surface area contributed by atoms with E-state index in [-0.39, 0.29) is 6.04 Å². The second kappa shape index (κ2) is 6.16. The molecule has 2 N–H and O–H groups in total. The second-order valence-corrected chi connectivity index (χ2v) is 5.44. The summed E-state index contributed by atoms with van der Waals surface area (Å²) in [6.07, 6.45) is 4.01. The standard InChI is InChI=1S/C17H21N3/c18-15-9-12-20(13-10-15)17(14-6-2-1-3-7-14)16-8-4-5-11-19-16/h1-8,11,15,17H,9-10,12-13,18H2. The molecule has 0 aliphatic carbocycles. The summed E-state index contributed by atoms with van der Waals surface area (Å²) in [6, 6.07) is 17.4. The quantitative estimate of drug-likeness (QED) is 0.929. The van der Waals surface area contributed by atoms with Gasteiger partial charge in [0.25, 0.3) is 0 Å². The summed E-state index contributed by atoms with van der Waals surface area (Å²) in [4.78, 5) is 7.08. The van der Waals surface area contributed by atoms with E-state index >= 15 is 0 Å². The largest absolute Gasteiger partial charge is 0.328 e. The van der Waals surface area contributed by atoms with Crippen LogP contribution in [0.5, 0.6) is 0 Å². The summed E-state index contributed by atoms with van der Waals surface area (Å²) in [5.74, 6) is 0. The summed E-state index contributed by atoms with van der Waals surface area (Å²) in [7, 11) is 0. The van der Waals surface area contributed by atoms with E-state index in [1.807, 2.05) is 12.3 Å². The summed E-state index contributed by atoms with van der Waals surface area (Å²) < 4.78 is 0. The molecule has 1 aliphatic rings. The minimum absolute atomic E-state index is 0.241. The predicted molar refractivity (Wildman–Crippen MR) is 81.3 cm³/mol. The van der Waals surface area contributed by atoms with Gasteiger partial charge in [-0.3, -0.25) is 9.88 Å². The Balaban J connectivity index is 1.92. The van der Waals surface area contributed by atoms with E-state index in [0.29, 0.717) is 6.04 Å². The van der Waals surface area contributed by atoms with Gasteiger partial charge in [-0.1, -0.05) is 36.4 Å². The maximum Gasteiger partial charge on any atom is 0.0776 e. The lowest BCUT2D eigenvalue weighted by molar-refractivity contribution is 0.172. The number of aromatic nitrogens is 1. The molecule has 1 aliphatic heterocycles. The molecule has 104 valence electrons. The van der Waals surface area contributed by atoms with Crippen molar-refractivity contribution >= 4 is 0 Å². The van der Waals surface area contributed by atoms with E-state index in [4.69, 9.17) is 5.73 Å². The monoisotopic (exact) mass is 267 g/mol. The molecule has 1 saturated heterocycles. The maximum atomic E-state index is 6.03. The number of hydrogen-bond acceptors (Lipinski definition) is 3. The Bertz CT molecular complexity index is 479. The Morgan fingerprint density at radius 3 is 2.35 bits per heavy atom. The zero-order valence-corrected chi connectivity index (χ0v) is 11.7. The molecule has 0 saturated carbocycles. The second-order valence-electron chi connectivity index (χ2n) is 5.44. The molecular weight excluding hydrogens is 246 g/mol. The van der Waals surface area contributed by atoms with Crippen LogP contribution in [0.3, 0.4) is 0 Å². The molecule has 3 rings (SSSR count). The van der Waals surface area contributed by atoms with E-state index < -0.39 is 0 Å². The number of likely N-dealkylation sites (tertiary alicyclic amines) is 1. The zero-order chi connectivity index (χ0) is 13.8. The first kappa shape index (κ1) is 13.3. The molecule has 1 atom stereocenters. The molecule has 0 spiro atoms. The van der Waals surface area contributed by atoms with Crippen molar-refractivity contribution in [2.75, 3.05) is 13.1 Å². The van der Waals surface area contributed by atoms with E-state index in [0.717, 1.165) is 31.6 Å². The summed E-state index contributed by atoms with van der Waals surface area (Å²) >= 11 is 0. The van der Waals surface area contributed by atoms with Crippen LogP contribution in [0.25, 0.3) is 0 Å². The number of benzene rings is 1. The van der Waals surface area contributed by atoms with E-state index in [9.17, 15) is 0 Å². The van der Waals surface area contributed by atoms with Crippen LogP contribution in [-0.4, -0.2) is 29.0 Å². The van der Waals surface area contributed by atoms with Gasteiger partial charge in [-0.15, -0.1) is 0 Å². The predicted octanol–water partition coefficient (Wildman–Crippen LogP) is 2.59. The fourth-order valence-electron chi connectivity index (χ4n) is 2.92. The minimum atomic E-state index is 0.241. The van der Waals surface area contributed by atoms with Crippen molar-refractivity contribution in [3.8, 4) is 0 Å². The van der Waals surface area contributed by atoms with Gasteiger partial charge in [-0.25, -0.2) is 0 Å². The van der Waals surface area contributed by atoms with Crippen LogP contribution in [0.1, 0.15) is 30.1 Å². The number of nitrogens with zero attached hydrogens (tertiary/aromatic N) is 2. The first-order valence-corrected chi connectivity index (χ1v) is 7.30. The van der Waals surface area contributed by atoms with Crippen molar-refractivity contribution in [2.45, 2.75) is 24.9 Å². The van der Waals surface area contributed by atoms with Gasteiger partial charge < -0.3 is 5.73 Å². The summed E-state index contributed by atoms with van der Waals surface area (Å²) in [6.45, 7) is 2.08. The molecule has 2 heterocycles. The van der Waals surface area contributed by atoms with Crippen molar-refractivity contribution in [1.82, 2.24) is 9.88 Å². The molecule has 20 heavy (non-hydrogen) atoms. The third-order valence-electron chi connectivity index (χ3n) is 4.02. The molecule has 0 bridgehead atoms. The van der Waals surface area contributed by atoms with E-state index in [2.05, 4.69) is 52.3 Å². The molecule has 1 aromatic carbocycles. The molecule has 0 amide bonds. The molecule has 3 nitrogen and oxygen atoms in total. The van der Waals surface area contributed by atoms with Gasteiger partial charge in [0.15, 0.2) is 0 Å². The topological polar surface area (TPSA) is 42.1 Å². The minimum Gasteiger partial charge on any atom is -0.328 e. The van der Waals surface area contributed by atoms with Crippen LogP contribution in [0, 0.1) is 0 Å². The first-order chi connectivity index (χ1) is 9.84. The fraction of sp³-hybridized carbons (Fsp3) is 0.353. The first-order valence-electron chi connectivity index (χ1n) is 7.30. The number of rotatable bonds is 3. The highest BCUT2D eigenvalue weighted by Gasteiger charge is 2.26. The van der Waals surface area contributed by atoms with Gasteiger partial charge in [-0.05, 0) is 30.5 Å². The van der Waals surface area contributed by atoms with E-state index in [1.165, 1.54) is 5.56 Å².